The van der Waals surface area contributed by atoms with Crippen molar-refractivity contribution in [2.24, 2.45) is 17.4 Å². The van der Waals surface area contributed by atoms with Crippen LogP contribution in [0.25, 0.3) is 0 Å². The molecular formula is C20H33N3O5S. The highest BCUT2D eigenvalue weighted by molar-refractivity contribution is 7.98. The van der Waals surface area contributed by atoms with Crippen LogP contribution in [0.2, 0.25) is 0 Å². The highest BCUT2D eigenvalue weighted by Gasteiger charge is 2.23. The van der Waals surface area contributed by atoms with Crippen molar-refractivity contribution in [2.75, 3.05) is 12.0 Å². The van der Waals surface area contributed by atoms with Gasteiger partial charge in [-0.2, -0.15) is 11.8 Å². The van der Waals surface area contributed by atoms with Crippen LogP contribution in [0.5, 0.6) is 0 Å². The fourth-order valence-corrected chi connectivity index (χ4v) is 2.80. The highest BCUT2D eigenvalue weighted by atomic mass is 32.2. The Bertz CT molecular complexity index is 628. The van der Waals surface area contributed by atoms with Gasteiger partial charge in [0.2, 0.25) is 5.91 Å². The van der Waals surface area contributed by atoms with Gasteiger partial charge in [-0.05, 0) is 36.3 Å². The number of carbonyl (C=O) groups is 3. The fraction of sp³-hybridized carbons (Fsp3) is 0.550. The van der Waals surface area contributed by atoms with E-state index >= 15 is 0 Å². The second-order valence-electron chi connectivity index (χ2n) is 7.05. The van der Waals surface area contributed by atoms with Crippen LogP contribution in [0.4, 0.5) is 0 Å². The Hall–Kier alpha value is -2.10. The van der Waals surface area contributed by atoms with Crippen LogP contribution in [-0.2, 0) is 20.8 Å². The molecule has 7 N–H and O–H groups in total. The molecule has 0 heterocycles. The number of carboxylic acid groups (broad SMARTS) is 2. The molecule has 3 atom stereocenters. The minimum atomic E-state index is -1.06. The maximum absolute atomic E-state index is 11.9. The summed E-state index contributed by atoms with van der Waals surface area (Å²) in [5, 5.41) is 20.0. The summed E-state index contributed by atoms with van der Waals surface area (Å²) < 4.78 is 0. The Morgan fingerprint density at radius 2 is 1.62 bits per heavy atom. The SMILES string of the molecule is CC(C)C[C@H](N)C(=O)N[C@@H](Cc1ccccc1)C(=O)O.CSCC[C@H](N)C(=O)O. The molecule has 1 aromatic carbocycles. The van der Waals surface area contributed by atoms with Crippen LogP contribution >= 0.6 is 11.8 Å². The summed E-state index contributed by atoms with van der Waals surface area (Å²) in [7, 11) is 0. The van der Waals surface area contributed by atoms with Gasteiger partial charge in [-0.3, -0.25) is 9.59 Å². The van der Waals surface area contributed by atoms with E-state index in [1.54, 1.807) is 11.8 Å². The lowest BCUT2D eigenvalue weighted by molar-refractivity contribution is -0.142. The lowest BCUT2D eigenvalue weighted by Gasteiger charge is -2.19. The lowest BCUT2D eigenvalue weighted by atomic mass is 10.0. The second kappa shape index (κ2) is 14.8. The normalized spacial score (nSPS) is 13.6. The summed E-state index contributed by atoms with van der Waals surface area (Å²) in [5.41, 5.74) is 11.8. The molecule has 29 heavy (non-hydrogen) atoms. The molecule has 0 saturated heterocycles. The van der Waals surface area contributed by atoms with E-state index in [-0.39, 0.29) is 12.3 Å². The number of rotatable bonds is 11. The van der Waals surface area contributed by atoms with Gasteiger partial charge in [0.25, 0.3) is 0 Å². The van der Waals surface area contributed by atoms with E-state index in [4.69, 9.17) is 16.6 Å². The van der Waals surface area contributed by atoms with Gasteiger partial charge in [-0.1, -0.05) is 44.2 Å². The highest BCUT2D eigenvalue weighted by Crippen LogP contribution is 2.06. The van der Waals surface area contributed by atoms with Gasteiger partial charge < -0.3 is 27.0 Å². The molecule has 9 heteroatoms. The van der Waals surface area contributed by atoms with E-state index in [1.807, 2.05) is 50.4 Å². The van der Waals surface area contributed by atoms with E-state index < -0.39 is 36.0 Å². The third-order valence-electron chi connectivity index (χ3n) is 3.91. The largest absolute Gasteiger partial charge is 0.480 e. The summed E-state index contributed by atoms with van der Waals surface area (Å²) in [5.74, 6) is -1.29. The van der Waals surface area contributed by atoms with Crippen molar-refractivity contribution in [1.82, 2.24) is 5.32 Å². The van der Waals surface area contributed by atoms with Crippen molar-refractivity contribution < 1.29 is 24.6 Å². The van der Waals surface area contributed by atoms with Crippen molar-refractivity contribution in [3.05, 3.63) is 35.9 Å². The number of hydrogen-bond donors (Lipinski definition) is 5. The number of aliphatic carboxylic acids is 2. The first-order valence-electron chi connectivity index (χ1n) is 9.38. The zero-order valence-corrected chi connectivity index (χ0v) is 18.0. The molecule has 0 aliphatic rings. The van der Waals surface area contributed by atoms with Crippen LogP contribution in [0.3, 0.4) is 0 Å². The zero-order valence-electron chi connectivity index (χ0n) is 17.2. The van der Waals surface area contributed by atoms with Crippen molar-refractivity contribution in [1.29, 1.82) is 0 Å². The number of thioether (sulfide) groups is 1. The smallest absolute Gasteiger partial charge is 0.326 e. The molecule has 164 valence electrons. The van der Waals surface area contributed by atoms with Crippen molar-refractivity contribution in [2.45, 2.75) is 51.2 Å². The number of nitrogens with one attached hydrogen (secondary N) is 1. The molecule has 0 saturated carbocycles. The molecule has 0 spiro atoms. The number of nitrogens with two attached hydrogens (primary N) is 2. The van der Waals surface area contributed by atoms with Gasteiger partial charge in [-0.25, -0.2) is 4.79 Å². The Balaban J connectivity index is 0.000000734. The van der Waals surface area contributed by atoms with Crippen LogP contribution in [0.1, 0.15) is 32.3 Å². The summed E-state index contributed by atoms with van der Waals surface area (Å²) in [6.07, 6.45) is 3.25. The van der Waals surface area contributed by atoms with E-state index in [2.05, 4.69) is 5.32 Å². The summed E-state index contributed by atoms with van der Waals surface area (Å²) in [6.45, 7) is 3.93. The molecule has 0 fully saturated rings. The van der Waals surface area contributed by atoms with Gasteiger partial charge >= 0.3 is 11.9 Å². The van der Waals surface area contributed by atoms with Crippen LogP contribution < -0.4 is 16.8 Å². The Morgan fingerprint density at radius 1 is 1.03 bits per heavy atom. The van der Waals surface area contributed by atoms with Crippen molar-refractivity contribution in [3.8, 4) is 0 Å². The van der Waals surface area contributed by atoms with Gasteiger partial charge in [0, 0.05) is 6.42 Å². The number of carboxylic acids is 2. The van der Waals surface area contributed by atoms with Crippen molar-refractivity contribution >= 4 is 29.6 Å². The fourth-order valence-electron chi connectivity index (χ4n) is 2.31. The molecule has 0 bridgehead atoms. The van der Waals surface area contributed by atoms with Crippen LogP contribution in [0.15, 0.2) is 30.3 Å². The van der Waals surface area contributed by atoms with Crippen molar-refractivity contribution in [3.63, 3.8) is 0 Å². The zero-order chi connectivity index (χ0) is 22.4. The lowest BCUT2D eigenvalue weighted by Crippen LogP contribution is -2.49. The molecule has 0 aliphatic heterocycles. The van der Waals surface area contributed by atoms with Gasteiger partial charge in [0.15, 0.2) is 0 Å². The minimum absolute atomic E-state index is 0.246. The first kappa shape index (κ1) is 26.9. The van der Waals surface area contributed by atoms with Gasteiger partial charge in [0.05, 0.1) is 6.04 Å². The summed E-state index contributed by atoms with van der Waals surface area (Å²) in [6, 6.07) is 6.87. The molecule has 0 radical (unpaired) electrons. The first-order chi connectivity index (χ1) is 13.6. The maximum Gasteiger partial charge on any atom is 0.326 e. The monoisotopic (exact) mass is 427 g/mol. The van der Waals surface area contributed by atoms with Gasteiger partial charge in [0.1, 0.15) is 12.1 Å². The maximum atomic E-state index is 11.9. The molecule has 0 unspecified atom stereocenters. The molecule has 0 aliphatic carbocycles. The number of benzene rings is 1. The number of carbonyl (C=O) groups excluding carboxylic acids is 1. The summed E-state index contributed by atoms with van der Waals surface area (Å²) in [4.78, 5) is 33.2. The Morgan fingerprint density at radius 3 is 2.07 bits per heavy atom. The predicted octanol–water partition coefficient (Wildman–Crippen LogP) is 1.32. The third-order valence-corrected chi connectivity index (χ3v) is 4.55. The standard InChI is InChI=1S/C15H22N2O3.C5H11NO2S/c1-10(2)8-12(16)14(18)17-13(15(19)20)9-11-6-4-3-5-7-11;1-9-3-2-4(6)5(7)8/h3-7,10,12-13H,8-9,16H2,1-2H3,(H,17,18)(H,19,20);4H,2-3,6H2,1H3,(H,7,8)/t12-,13-;4-/m00/s1. The molecule has 1 rings (SSSR count). The van der Waals surface area contributed by atoms with Gasteiger partial charge in [-0.15, -0.1) is 0 Å². The third kappa shape index (κ3) is 12.9. The quantitative estimate of drug-likeness (QED) is 0.354. The van der Waals surface area contributed by atoms with E-state index in [9.17, 15) is 19.5 Å². The second-order valence-corrected chi connectivity index (χ2v) is 8.04. The summed E-state index contributed by atoms with van der Waals surface area (Å²) >= 11 is 1.60. The molecule has 0 aromatic heterocycles. The van der Waals surface area contributed by atoms with E-state index in [1.165, 1.54) is 0 Å². The molecule has 8 nitrogen and oxygen atoms in total. The average Bonchev–Trinajstić information content (AvgIpc) is 2.66. The Labute approximate surface area is 176 Å². The first-order valence-corrected chi connectivity index (χ1v) is 10.8. The van der Waals surface area contributed by atoms with E-state index in [0.717, 1.165) is 11.3 Å². The minimum Gasteiger partial charge on any atom is -0.480 e. The molecule has 1 aromatic rings. The predicted molar refractivity (Wildman–Crippen MR) is 116 cm³/mol. The number of hydrogen-bond acceptors (Lipinski definition) is 6. The van der Waals surface area contributed by atoms with Crippen LogP contribution in [-0.4, -0.2) is 58.2 Å². The Kier molecular flexibility index (Phi) is 13.8. The van der Waals surface area contributed by atoms with Crippen LogP contribution in [0, 0.1) is 5.92 Å². The number of amides is 1. The average molecular weight is 428 g/mol. The topological polar surface area (TPSA) is 156 Å². The molecular weight excluding hydrogens is 394 g/mol. The molecule has 1 amide bonds. The van der Waals surface area contributed by atoms with E-state index in [0.29, 0.717) is 12.8 Å².